The molecular formula is C38H21N3O2. The molecule has 3 heterocycles. The van der Waals surface area contributed by atoms with E-state index in [4.69, 9.17) is 8.83 Å². The first kappa shape index (κ1) is 23.6. The van der Waals surface area contributed by atoms with Gasteiger partial charge in [0.05, 0.1) is 40.0 Å². The first-order valence-corrected chi connectivity index (χ1v) is 14.3. The number of para-hydroxylation sites is 2. The quantitative estimate of drug-likeness (QED) is 0.214. The van der Waals surface area contributed by atoms with Gasteiger partial charge in [-0.1, -0.05) is 42.5 Å². The lowest BCUT2D eigenvalue weighted by molar-refractivity contribution is 0.548. The largest absolute Gasteiger partial charge is 0.460 e. The van der Waals surface area contributed by atoms with E-state index in [-0.39, 0.29) is 0 Å². The number of allylic oxidation sites excluding steroid dienone is 1. The van der Waals surface area contributed by atoms with Gasteiger partial charge in [0.1, 0.15) is 22.5 Å². The Morgan fingerprint density at radius 2 is 1.23 bits per heavy atom. The molecule has 0 N–H and O–H groups in total. The van der Waals surface area contributed by atoms with Gasteiger partial charge >= 0.3 is 0 Å². The average molecular weight is 552 g/mol. The van der Waals surface area contributed by atoms with Gasteiger partial charge < -0.3 is 13.4 Å². The molecule has 200 valence electrons. The summed E-state index contributed by atoms with van der Waals surface area (Å²) < 4.78 is 14.9. The fraction of sp³-hybridized carbons (Fsp3) is 0.0526. The monoisotopic (exact) mass is 551 g/mol. The zero-order valence-electron chi connectivity index (χ0n) is 22.9. The van der Waals surface area contributed by atoms with Crippen LogP contribution >= 0.6 is 0 Å². The van der Waals surface area contributed by atoms with Crippen molar-refractivity contribution in [1.82, 2.24) is 4.57 Å². The molecule has 43 heavy (non-hydrogen) atoms. The third-order valence-electron chi connectivity index (χ3n) is 8.76. The Kier molecular flexibility index (Phi) is 4.80. The number of hydrogen-bond donors (Lipinski definition) is 0. The van der Waals surface area contributed by atoms with Crippen LogP contribution in [-0.2, 0) is 6.42 Å². The number of nitriles is 2. The molecule has 0 saturated heterocycles. The van der Waals surface area contributed by atoms with E-state index in [1.807, 2.05) is 30.3 Å². The molecule has 0 unspecified atom stereocenters. The van der Waals surface area contributed by atoms with Gasteiger partial charge in [-0.25, -0.2) is 0 Å². The van der Waals surface area contributed by atoms with Gasteiger partial charge in [-0.3, -0.25) is 0 Å². The number of aromatic nitrogens is 1. The summed E-state index contributed by atoms with van der Waals surface area (Å²) in [5.74, 6) is 0.959. The Morgan fingerprint density at radius 3 is 2.00 bits per heavy atom. The molecular weight excluding hydrogens is 530 g/mol. The minimum Gasteiger partial charge on any atom is -0.460 e. The normalized spacial score (nSPS) is 13.0. The Balaban J connectivity index is 1.27. The van der Waals surface area contributed by atoms with Crippen LogP contribution in [-0.4, -0.2) is 4.57 Å². The lowest BCUT2D eigenvalue weighted by Crippen LogP contribution is -2.03. The molecule has 0 radical (unpaired) electrons. The minimum atomic E-state index is 0.600. The third kappa shape index (κ3) is 3.37. The van der Waals surface area contributed by atoms with Gasteiger partial charge in [-0.05, 0) is 72.7 Å². The number of aryl methyl sites for hydroxylation is 1. The van der Waals surface area contributed by atoms with Crippen molar-refractivity contribution < 1.29 is 8.83 Å². The zero-order chi connectivity index (χ0) is 28.7. The number of hydrogen-bond acceptors (Lipinski definition) is 4. The average Bonchev–Trinajstić information content (AvgIpc) is 3.71. The van der Waals surface area contributed by atoms with Crippen LogP contribution in [0.3, 0.4) is 0 Å². The number of rotatable bonds is 2. The van der Waals surface area contributed by atoms with Gasteiger partial charge in [0.2, 0.25) is 0 Å². The lowest BCUT2D eigenvalue weighted by Gasteiger charge is -2.19. The summed E-state index contributed by atoms with van der Waals surface area (Å²) >= 11 is 0. The summed E-state index contributed by atoms with van der Waals surface area (Å²) in [5.41, 5.74) is 10.1. The van der Waals surface area contributed by atoms with E-state index in [0.717, 1.165) is 79.4 Å². The van der Waals surface area contributed by atoms with Crippen molar-refractivity contribution in [3.63, 3.8) is 0 Å². The third-order valence-corrected chi connectivity index (χ3v) is 8.76. The van der Waals surface area contributed by atoms with Crippen molar-refractivity contribution in [3.05, 3.63) is 125 Å². The standard InChI is InChI=1S/C38H21N3O2/c39-20-22-10-13-35-28(15-22)30-18-38-31(19-37(30)42-35)29-17-24(11-14-36(29)43-38)25-12-9-23(21-40)16-34(25)41-32-7-3-1-5-26(32)27-6-2-4-8-33(27)41/h1-10,12-13,15-19H,11,14H2. The van der Waals surface area contributed by atoms with Crippen molar-refractivity contribution in [3.8, 4) is 17.8 Å². The highest BCUT2D eigenvalue weighted by atomic mass is 16.3. The molecule has 0 atom stereocenters. The van der Waals surface area contributed by atoms with Gasteiger partial charge in [0, 0.05) is 44.5 Å². The van der Waals surface area contributed by atoms with Crippen molar-refractivity contribution in [2.24, 2.45) is 0 Å². The minimum absolute atomic E-state index is 0.600. The molecule has 1 aliphatic carbocycles. The molecule has 0 spiro atoms. The number of nitrogens with zero attached hydrogens (tertiary/aromatic N) is 3. The molecule has 8 aromatic rings. The van der Waals surface area contributed by atoms with Crippen LogP contribution in [0.5, 0.6) is 0 Å². The number of fused-ring (bicyclic) bond motifs is 9. The van der Waals surface area contributed by atoms with Crippen molar-refractivity contribution >= 4 is 66.4 Å². The molecule has 0 amide bonds. The second kappa shape index (κ2) is 8.73. The van der Waals surface area contributed by atoms with Crippen LogP contribution in [0, 0.1) is 22.7 Å². The summed E-state index contributed by atoms with van der Waals surface area (Å²) in [4.78, 5) is 0. The van der Waals surface area contributed by atoms with Crippen LogP contribution in [0.2, 0.25) is 0 Å². The molecule has 0 aliphatic heterocycles. The van der Waals surface area contributed by atoms with Gasteiger partial charge in [-0.2, -0.15) is 10.5 Å². The highest BCUT2D eigenvalue weighted by Gasteiger charge is 2.23. The van der Waals surface area contributed by atoms with Gasteiger partial charge in [0.25, 0.3) is 0 Å². The maximum absolute atomic E-state index is 9.87. The van der Waals surface area contributed by atoms with E-state index in [0.29, 0.717) is 11.1 Å². The predicted octanol–water partition coefficient (Wildman–Crippen LogP) is 9.66. The molecule has 9 rings (SSSR count). The summed E-state index contributed by atoms with van der Waals surface area (Å²) in [6.45, 7) is 0. The molecule has 5 nitrogen and oxygen atoms in total. The van der Waals surface area contributed by atoms with Crippen molar-refractivity contribution in [2.75, 3.05) is 0 Å². The van der Waals surface area contributed by atoms with E-state index in [1.165, 1.54) is 16.3 Å². The van der Waals surface area contributed by atoms with Gasteiger partial charge in [-0.15, -0.1) is 0 Å². The highest BCUT2D eigenvalue weighted by Crippen LogP contribution is 2.42. The predicted molar refractivity (Wildman–Crippen MR) is 170 cm³/mol. The summed E-state index contributed by atoms with van der Waals surface area (Å²) in [5, 5.41) is 24.5. The Bertz CT molecular complexity index is 2540. The molecule has 5 aromatic carbocycles. The molecule has 0 fully saturated rings. The smallest absolute Gasteiger partial charge is 0.136 e. The maximum atomic E-state index is 9.87. The van der Waals surface area contributed by atoms with Crippen LogP contribution in [0.25, 0.3) is 72.1 Å². The second-order valence-corrected chi connectivity index (χ2v) is 11.1. The summed E-state index contributed by atoms with van der Waals surface area (Å²) in [6, 6.07) is 37.0. The van der Waals surface area contributed by atoms with E-state index in [1.54, 1.807) is 6.07 Å². The van der Waals surface area contributed by atoms with E-state index in [9.17, 15) is 10.5 Å². The lowest BCUT2D eigenvalue weighted by atomic mass is 9.90. The molecule has 1 aliphatic rings. The van der Waals surface area contributed by atoms with Crippen molar-refractivity contribution in [1.29, 1.82) is 10.5 Å². The summed E-state index contributed by atoms with van der Waals surface area (Å²) in [6.07, 6.45) is 3.82. The Hall–Kier alpha value is -6.04. The fourth-order valence-corrected chi connectivity index (χ4v) is 6.80. The van der Waals surface area contributed by atoms with E-state index < -0.39 is 0 Å². The molecule has 5 heteroatoms. The van der Waals surface area contributed by atoms with E-state index in [2.05, 4.69) is 83.4 Å². The van der Waals surface area contributed by atoms with E-state index >= 15 is 0 Å². The van der Waals surface area contributed by atoms with Crippen LogP contribution < -0.4 is 0 Å². The zero-order valence-corrected chi connectivity index (χ0v) is 22.9. The van der Waals surface area contributed by atoms with Crippen LogP contribution in [0.15, 0.2) is 106 Å². The second-order valence-electron chi connectivity index (χ2n) is 11.1. The maximum Gasteiger partial charge on any atom is 0.136 e. The molecule has 0 bridgehead atoms. The van der Waals surface area contributed by atoms with Crippen LogP contribution in [0.1, 0.15) is 34.4 Å². The molecule has 3 aromatic heterocycles. The van der Waals surface area contributed by atoms with Gasteiger partial charge in [0.15, 0.2) is 0 Å². The topological polar surface area (TPSA) is 78.8 Å². The first-order valence-electron chi connectivity index (χ1n) is 14.3. The first-order chi connectivity index (χ1) is 21.2. The highest BCUT2D eigenvalue weighted by molar-refractivity contribution is 6.12. The number of benzene rings is 5. The Labute approximate surface area is 245 Å². The molecule has 0 saturated carbocycles. The Morgan fingerprint density at radius 1 is 0.581 bits per heavy atom. The van der Waals surface area contributed by atoms with Crippen molar-refractivity contribution in [2.45, 2.75) is 12.8 Å². The SMILES string of the molecule is N#Cc1ccc(C2=Cc3c(oc4cc5c(cc34)oc3ccc(C#N)cc35)CC2)c(-n2c3ccccc3c3ccccc32)c1. The van der Waals surface area contributed by atoms with Crippen LogP contribution in [0.4, 0.5) is 0 Å². The fourth-order valence-electron chi connectivity index (χ4n) is 6.80. The number of furan rings is 2. The summed E-state index contributed by atoms with van der Waals surface area (Å²) in [7, 11) is 0.